The van der Waals surface area contributed by atoms with Gasteiger partial charge in [-0.05, 0) is 56.0 Å². The van der Waals surface area contributed by atoms with Gasteiger partial charge in [-0.25, -0.2) is 0 Å². The lowest BCUT2D eigenvalue weighted by molar-refractivity contribution is -0.116. The molecule has 7 heteroatoms. The number of rotatable bonds is 6. The van der Waals surface area contributed by atoms with Crippen molar-refractivity contribution in [2.75, 3.05) is 31.5 Å². The van der Waals surface area contributed by atoms with E-state index < -0.39 is 0 Å². The van der Waals surface area contributed by atoms with E-state index in [0.717, 1.165) is 41.7 Å². The standard InChI is InChI=1S/C26H28ClN3O3/c1-15-7-8-18(11-21(15)27)29-23(31)9-10-30-14-17-12-28-13-20(17)24(30)25(32)26-16(2)19-5-3-4-6-22(19)33-26/h3-8,11,17,20,24,28H,9-10,12-14H2,1-2H3,(H,29,31)/t17?,20?,24-/m0/s1. The number of hydrogen-bond acceptors (Lipinski definition) is 5. The molecule has 2 N–H and O–H groups in total. The van der Waals surface area contributed by atoms with Crippen LogP contribution >= 0.6 is 11.6 Å². The maximum absolute atomic E-state index is 13.7. The second kappa shape index (κ2) is 8.93. The van der Waals surface area contributed by atoms with E-state index in [-0.39, 0.29) is 23.7 Å². The van der Waals surface area contributed by atoms with Crippen molar-refractivity contribution in [1.82, 2.24) is 10.2 Å². The number of benzene rings is 2. The van der Waals surface area contributed by atoms with Gasteiger partial charge in [0.05, 0.1) is 6.04 Å². The lowest BCUT2D eigenvalue weighted by atomic mass is 9.90. The minimum absolute atomic E-state index is 0.0191. The maximum atomic E-state index is 13.7. The Balaban J connectivity index is 1.32. The molecule has 0 spiro atoms. The predicted octanol–water partition coefficient (Wildman–Crippen LogP) is 4.43. The van der Waals surface area contributed by atoms with E-state index in [9.17, 15) is 9.59 Å². The molecule has 5 rings (SSSR count). The van der Waals surface area contributed by atoms with E-state index in [2.05, 4.69) is 15.5 Å². The van der Waals surface area contributed by atoms with E-state index in [1.807, 2.05) is 50.2 Å². The van der Waals surface area contributed by atoms with Crippen LogP contribution in [0.4, 0.5) is 5.69 Å². The normalized spacial score (nSPS) is 22.6. The molecule has 0 saturated carbocycles. The summed E-state index contributed by atoms with van der Waals surface area (Å²) in [7, 11) is 0. The summed E-state index contributed by atoms with van der Waals surface area (Å²) in [5.41, 5.74) is 3.27. The number of ketones is 1. The number of nitrogens with one attached hydrogen (secondary N) is 2. The highest BCUT2D eigenvalue weighted by molar-refractivity contribution is 6.31. The molecule has 2 unspecified atom stereocenters. The van der Waals surface area contributed by atoms with Gasteiger partial charge in [0.1, 0.15) is 5.58 Å². The van der Waals surface area contributed by atoms with Crippen LogP contribution in [0.3, 0.4) is 0 Å². The number of carbonyl (C=O) groups is 2. The molecule has 1 aromatic heterocycles. The number of nitrogens with zero attached hydrogens (tertiary/aromatic N) is 1. The number of hydrogen-bond donors (Lipinski definition) is 2. The Morgan fingerprint density at radius 1 is 1.18 bits per heavy atom. The molecular formula is C26H28ClN3O3. The Labute approximate surface area is 198 Å². The first kappa shape index (κ1) is 22.1. The summed E-state index contributed by atoms with van der Waals surface area (Å²) in [5.74, 6) is 1.01. The third-order valence-electron chi connectivity index (χ3n) is 7.08. The van der Waals surface area contributed by atoms with Gasteiger partial charge in [-0.1, -0.05) is 35.9 Å². The van der Waals surface area contributed by atoms with Gasteiger partial charge in [-0.2, -0.15) is 0 Å². The summed E-state index contributed by atoms with van der Waals surface area (Å²) in [5, 5.41) is 7.95. The third kappa shape index (κ3) is 4.19. The number of anilines is 1. The van der Waals surface area contributed by atoms with Crippen LogP contribution in [-0.4, -0.2) is 48.8 Å². The number of amides is 1. The van der Waals surface area contributed by atoms with Crippen LogP contribution in [-0.2, 0) is 4.79 Å². The smallest absolute Gasteiger partial charge is 0.225 e. The van der Waals surface area contributed by atoms with Gasteiger partial charge in [0.2, 0.25) is 11.7 Å². The lowest BCUT2D eigenvalue weighted by Gasteiger charge is -2.26. The van der Waals surface area contributed by atoms with Gasteiger partial charge in [0, 0.05) is 47.7 Å². The predicted molar refractivity (Wildman–Crippen MR) is 130 cm³/mol. The fourth-order valence-corrected chi connectivity index (χ4v) is 5.46. The fraction of sp³-hybridized carbons (Fsp3) is 0.385. The van der Waals surface area contributed by atoms with Crippen LogP contribution in [0, 0.1) is 25.7 Å². The summed E-state index contributed by atoms with van der Waals surface area (Å²) in [4.78, 5) is 28.5. The Bertz CT molecular complexity index is 1220. The van der Waals surface area contributed by atoms with Crippen LogP contribution in [0.25, 0.3) is 11.0 Å². The number of furan rings is 1. The van der Waals surface area contributed by atoms with E-state index in [0.29, 0.717) is 35.4 Å². The first-order valence-electron chi connectivity index (χ1n) is 11.5. The molecule has 172 valence electrons. The van der Waals surface area contributed by atoms with Gasteiger partial charge < -0.3 is 15.1 Å². The highest BCUT2D eigenvalue weighted by atomic mass is 35.5. The second-order valence-electron chi connectivity index (χ2n) is 9.20. The quantitative estimate of drug-likeness (QED) is 0.526. The number of fused-ring (bicyclic) bond motifs is 2. The van der Waals surface area contributed by atoms with Crippen LogP contribution < -0.4 is 10.6 Å². The largest absolute Gasteiger partial charge is 0.453 e. The number of carbonyl (C=O) groups excluding carboxylic acids is 2. The third-order valence-corrected chi connectivity index (χ3v) is 7.48. The van der Waals surface area contributed by atoms with Gasteiger partial charge >= 0.3 is 0 Å². The molecule has 0 radical (unpaired) electrons. The van der Waals surface area contributed by atoms with Crippen LogP contribution in [0.5, 0.6) is 0 Å². The number of Topliss-reactive ketones (excluding diaryl/α,β-unsaturated/α-hetero) is 1. The molecule has 0 aliphatic carbocycles. The van der Waals surface area contributed by atoms with Gasteiger partial charge in [-0.15, -0.1) is 0 Å². The topological polar surface area (TPSA) is 74.6 Å². The molecule has 3 aromatic rings. The Morgan fingerprint density at radius 2 is 2.00 bits per heavy atom. The van der Waals surface area contributed by atoms with E-state index in [1.165, 1.54) is 0 Å². The highest BCUT2D eigenvalue weighted by Gasteiger charge is 2.48. The van der Waals surface area contributed by atoms with Crippen molar-refractivity contribution in [1.29, 1.82) is 0 Å². The SMILES string of the molecule is Cc1ccc(NC(=O)CCN2CC3CNCC3[C@H]2C(=O)c2oc3ccccc3c2C)cc1Cl. The van der Waals surface area contributed by atoms with Crippen LogP contribution in [0.1, 0.15) is 28.1 Å². The Morgan fingerprint density at radius 3 is 2.79 bits per heavy atom. The zero-order valence-electron chi connectivity index (χ0n) is 18.9. The summed E-state index contributed by atoms with van der Waals surface area (Å²) in [6.45, 7) is 6.91. The summed E-state index contributed by atoms with van der Waals surface area (Å²) in [6, 6.07) is 13.0. The van der Waals surface area contributed by atoms with Crippen molar-refractivity contribution >= 4 is 39.9 Å². The van der Waals surface area contributed by atoms with Crippen molar-refractivity contribution in [3.63, 3.8) is 0 Å². The number of halogens is 1. The van der Waals surface area contributed by atoms with E-state index in [4.69, 9.17) is 16.0 Å². The average molecular weight is 466 g/mol. The Kier molecular flexibility index (Phi) is 5.99. The molecule has 2 aromatic carbocycles. The molecule has 3 heterocycles. The van der Waals surface area contributed by atoms with Gasteiger partial charge in [0.15, 0.2) is 5.76 Å². The molecule has 2 aliphatic rings. The molecule has 2 fully saturated rings. The van der Waals surface area contributed by atoms with Crippen molar-refractivity contribution in [2.45, 2.75) is 26.3 Å². The van der Waals surface area contributed by atoms with Crippen molar-refractivity contribution in [3.05, 3.63) is 64.4 Å². The van der Waals surface area contributed by atoms with Crippen LogP contribution in [0.2, 0.25) is 5.02 Å². The van der Waals surface area contributed by atoms with Crippen molar-refractivity contribution in [3.8, 4) is 0 Å². The lowest BCUT2D eigenvalue weighted by Crippen LogP contribution is -2.43. The molecule has 0 bridgehead atoms. The number of para-hydroxylation sites is 1. The summed E-state index contributed by atoms with van der Waals surface area (Å²) < 4.78 is 6.01. The second-order valence-corrected chi connectivity index (χ2v) is 9.61. The molecule has 3 atom stereocenters. The molecular weight excluding hydrogens is 438 g/mol. The molecule has 2 aliphatic heterocycles. The number of aryl methyl sites for hydroxylation is 2. The first-order valence-corrected chi connectivity index (χ1v) is 11.8. The highest BCUT2D eigenvalue weighted by Crippen LogP contribution is 2.36. The zero-order chi connectivity index (χ0) is 23.1. The van der Waals surface area contributed by atoms with Crippen molar-refractivity contribution in [2.24, 2.45) is 11.8 Å². The monoisotopic (exact) mass is 465 g/mol. The van der Waals surface area contributed by atoms with Crippen molar-refractivity contribution < 1.29 is 14.0 Å². The molecule has 33 heavy (non-hydrogen) atoms. The Hall–Kier alpha value is -2.67. The number of likely N-dealkylation sites (tertiary alicyclic amines) is 1. The van der Waals surface area contributed by atoms with E-state index >= 15 is 0 Å². The average Bonchev–Trinajstić information content (AvgIpc) is 3.48. The molecule has 6 nitrogen and oxygen atoms in total. The van der Waals surface area contributed by atoms with Gasteiger partial charge in [0.25, 0.3) is 0 Å². The van der Waals surface area contributed by atoms with E-state index in [1.54, 1.807) is 6.07 Å². The minimum Gasteiger partial charge on any atom is -0.453 e. The van der Waals surface area contributed by atoms with Gasteiger partial charge in [-0.3, -0.25) is 14.5 Å². The minimum atomic E-state index is -0.286. The fourth-order valence-electron chi connectivity index (χ4n) is 5.28. The van der Waals surface area contributed by atoms with Crippen LogP contribution in [0.15, 0.2) is 46.9 Å². The first-order chi connectivity index (χ1) is 15.9. The zero-order valence-corrected chi connectivity index (χ0v) is 19.6. The summed E-state index contributed by atoms with van der Waals surface area (Å²) in [6.07, 6.45) is 0.307. The maximum Gasteiger partial charge on any atom is 0.225 e. The molecule has 1 amide bonds. The summed E-state index contributed by atoms with van der Waals surface area (Å²) >= 11 is 6.17. The molecule has 2 saturated heterocycles.